The molecule has 1 amide bonds. The van der Waals surface area contributed by atoms with E-state index < -0.39 is 0 Å². The summed E-state index contributed by atoms with van der Waals surface area (Å²) in [5, 5.41) is 5.93. The number of hydrogen-bond acceptors (Lipinski definition) is 5. The van der Waals surface area contributed by atoms with Crippen molar-refractivity contribution >= 4 is 5.91 Å². The van der Waals surface area contributed by atoms with E-state index in [-0.39, 0.29) is 25.3 Å². The van der Waals surface area contributed by atoms with Gasteiger partial charge >= 0.3 is 0 Å². The minimum atomic E-state index is -0.0460. The van der Waals surface area contributed by atoms with Gasteiger partial charge in [-0.25, -0.2) is 0 Å². The normalized spacial score (nSPS) is 14.1. The summed E-state index contributed by atoms with van der Waals surface area (Å²) < 4.78 is 15.5. The summed E-state index contributed by atoms with van der Waals surface area (Å²) in [6, 6.07) is 5.76. The fourth-order valence-electron chi connectivity index (χ4n) is 1.99. The van der Waals surface area contributed by atoms with Crippen LogP contribution in [0.3, 0.4) is 0 Å². The minimum absolute atomic E-state index is 0.0137. The molecule has 0 aromatic heterocycles. The minimum Gasteiger partial charge on any atom is -0.454 e. The van der Waals surface area contributed by atoms with Crippen molar-refractivity contribution in [1.82, 2.24) is 10.6 Å². The van der Waals surface area contributed by atoms with E-state index in [0.717, 1.165) is 17.1 Å². The standard InChI is InChI=1S/C14H20N2O4/c1-10(8-18-2)16-14(17)7-15-6-11-3-4-12-13(5-11)20-9-19-12/h3-5,10,15H,6-9H2,1-2H3,(H,16,17). The van der Waals surface area contributed by atoms with Crippen LogP contribution in [-0.4, -0.2) is 39.0 Å². The molecule has 0 radical (unpaired) electrons. The third-order valence-electron chi connectivity index (χ3n) is 2.88. The summed E-state index contributed by atoms with van der Waals surface area (Å²) in [7, 11) is 1.61. The molecule has 110 valence electrons. The maximum atomic E-state index is 11.6. The van der Waals surface area contributed by atoms with E-state index in [0.29, 0.717) is 13.2 Å². The molecule has 0 bridgehead atoms. The fraction of sp³-hybridized carbons (Fsp3) is 0.500. The maximum Gasteiger partial charge on any atom is 0.234 e. The summed E-state index contributed by atoms with van der Waals surface area (Å²) in [5.74, 6) is 1.47. The Kier molecular flexibility index (Phi) is 5.20. The fourth-order valence-corrected chi connectivity index (χ4v) is 1.99. The van der Waals surface area contributed by atoms with Gasteiger partial charge in [0, 0.05) is 19.7 Å². The molecular weight excluding hydrogens is 260 g/mol. The number of carbonyl (C=O) groups is 1. The zero-order valence-corrected chi connectivity index (χ0v) is 11.8. The first-order valence-electron chi connectivity index (χ1n) is 6.56. The third kappa shape index (κ3) is 4.11. The molecule has 0 aliphatic carbocycles. The number of methoxy groups -OCH3 is 1. The Morgan fingerprint density at radius 1 is 1.40 bits per heavy atom. The Morgan fingerprint density at radius 3 is 3.00 bits per heavy atom. The van der Waals surface area contributed by atoms with E-state index in [1.807, 2.05) is 25.1 Å². The van der Waals surface area contributed by atoms with Crippen LogP contribution < -0.4 is 20.1 Å². The Hall–Kier alpha value is -1.79. The molecule has 0 saturated heterocycles. The van der Waals surface area contributed by atoms with Crippen LogP contribution in [0.2, 0.25) is 0 Å². The van der Waals surface area contributed by atoms with Gasteiger partial charge in [-0.15, -0.1) is 0 Å². The van der Waals surface area contributed by atoms with Gasteiger partial charge in [-0.2, -0.15) is 0 Å². The number of ether oxygens (including phenoxy) is 3. The van der Waals surface area contributed by atoms with E-state index in [1.165, 1.54) is 0 Å². The van der Waals surface area contributed by atoms with Gasteiger partial charge in [0.1, 0.15) is 0 Å². The average molecular weight is 280 g/mol. The number of rotatable bonds is 7. The van der Waals surface area contributed by atoms with Crippen LogP contribution in [-0.2, 0) is 16.1 Å². The molecule has 0 fully saturated rings. The molecule has 1 aliphatic rings. The van der Waals surface area contributed by atoms with Crippen LogP contribution in [0, 0.1) is 0 Å². The van der Waals surface area contributed by atoms with Crippen molar-refractivity contribution in [3.63, 3.8) is 0 Å². The zero-order valence-electron chi connectivity index (χ0n) is 11.8. The molecule has 6 heteroatoms. The molecular formula is C14H20N2O4. The summed E-state index contributed by atoms with van der Waals surface area (Å²) in [6.45, 7) is 3.55. The van der Waals surface area contributed by atoms with Gasteiger partial charge in [0.2, 0.25) is 12.7 Å². The van der Waals surface area contributed by atoms with Crippen molar-refractivity contribution in [1.29, 1.82) is 0 Å². The highest BCUT2D eigenvalue weighted by Gasteiger charge is 2.13. The van der Waals surface area contributed by atoms with Crippen molar-refractivity contribution in [2.75, 3.05) is 27.1 Å². The first-order chi connectivity index (χ1) is 9.69. The van der Waals surface area contributed by atoms with Crippen LogP contribution in [0.4, 0.5) is 0 Å². The van der Waals surface area contributed by atoms with E-state index in [9.17, 15) is 4.79 Å². The SMILES string of the molecule is COCC(C)NC(=O)CNCc1ccc2c(c1)OCO2. The molecule has 1 aromatic rings. The molecule has 0 spiro atoms. The Balaban J connectivity index is 1.71. The van der Waals surface area contributed by atoms with Crippen molar-refractivity contribution in [3.05, 3.63) is 23.8 Å². The lowest BCUT2D eigenvalue weighted by Gasteiger charge is -2.13. The summed E-state index contributed by atoms with van der Waals surface area (Å²) in [6.07, 6.45) is 0. The number of benzene rings is 1. The zero-order chi connectivity index (χ0) is 14.4. The van der Waals surface area contributed by atoms with Gasteiger partial charge < -0.3 is 24.8 Å². The lowest BCUT2D eigenvalue weighted by Crippen LogP contribution is -2.40. The highest BCUT2D eigenvalue weighted by Crippen LogP contribution is 2.32. The molecule has 20 heavy (non-hydrogen) atoms. The smallest absolute Gasteiger partial charge is 0.234 e. The Labute approximate surface area is 118 Å². The lowest BCUT2D eigenvalue weighted by atomic mass is 10.2. The Bertz CT molecular complexity index is 464. The third-order valence-corrected chi connectivity index (χ3v) is 2.88. The molecule has 2 rings (SSSR count). The van der Waals surface area contributed by atoms with Crippen molar-refractivity contribution in [3.8, 4) is 11.5 Å². The number of nitrogens with one attached hydrogen (secondary N) is 2. The second kappa shape index (κ2) is 7.12. The van der Waals surface area contributed by atoms with E-state index in [4.69, 9.17) is 14.2 Å². The van der Waals surface area contributed by atoms with E-state index in [2.05, 4.69) is 10.6 Å². The van der Waals surface area contributed by atoms with Crippen molar-refractivity contribution in [2.45, 2.75) is 19.5 Å². The first-order valence-corrected chi connectivity index (χ1v) is 6.56. The van der Waals surface area contributed by atoms with Gasteiger partial charge in [-0.1, -0.05) is 6.07 Å². The van der Waals surface area contributed by atoms with Gasteiger partial charge in [0.05, 0.1) is 13.2 Å². The van der Waals surface area contributed by atoms with Crippen LogP contribution in [0.5, 0.6) is 11.5 Å². The quantitative estimate of drug-likeness (QED) is 0.768. The van der Waals surface area contributed by atoms with Crippen LogP contribution >= 0.6 is 0 Å². The predicted octanol–water partition coefficient (Wildman–Crippen LogP) is 0.656. The second-order valence-electron chi connectivity index (χ2n) is 4.72. The lowest BCUT2D eigenvalue weighted by molar-refractivity contribution is -0.121. The summed E-state index contributed by atoms with van der Waals surface area (Å²) in [4.78, 5) is 11.6. The largest absolute Gasteiger partial charge is 0.454 e. The molecule has 0 saturated carbocycles. The van der Waals surface area contributed by atoms with Crippen LogP contribution in [0.25, 0.3) is 0 Å². The van der Waals surface area contributed by atoms with Gasteiger partial charge in [0.15, 0.2) is 11.5 Å². The number of fused-ring (bicyclic) bond motifs is 1. The van der Waals surface area contributed by atoms with E-state index in [1.54, 1.807) is 7.11 Å². The summed E-state index contributed by atoms with van der Waals surface area (Å²) in [5.41, 5.74) is 1.05. The monoisotopic (exact) mass is 280 g/mol. The summed E-state index contributed by atoms with van der Waals surface area (Å²) >= 11 is 0. The van der Waals surface area contributed by atoms with E-state index >= 15 is 0 Å². The molecule has 1 aliphatic heterocycles. The van der Waals surface area contributed by atoms with Crippen molar-refractivity contribution < 1.29 is 19.0 Å². The van der Waals surface area contributed by atoms with Gasteiger partial charge in [0.25, 0.3) is 0 Å². The highest BCUT2D eigenvalue weighted by molar-refractivity contribution is 5.78. The topological polar surface area (TPSA) is 68.8 Å². The molecule has 2 N–H and O–H groups in total. The molecule has 1 aromatic carbocycles. The average Bonchev–Trinajstić information content (AvgIpc) is 2.86. The molecule has 6 nitrogen and oxygen atoms in total. The first kappa shape index (κ1) is 14.6. The molecule has 1 atom stereocenters. The Morgan fingerprint density at radius 2 is 2.20 bits per heavy atom. The second-order valence-corrected chi connectivity index (χ2v) is 4.72. The van der Waals surface area contributed by atoms with Crippen LogP contribution in [0.15, 0.2) is 18.2 Å². The maximum absolute atomic E-state index is 11.6. The number of hydrogen-bond donors (Lipinski definition) is 2. The highest BCUT2D eigenvalue weighted by atomic mass is 16.7. The number of amides is 1. The van der Waals surface area contributed by atoms with Gasteiger partial charge in [-0.3, -0.25) is 4.79 Å². The predicted molar refractivity (Wildman–Crippen MR) is 73.8 cm³/mol. The van der Waals surface area contributed by atoms with Crippen LogP contribution in [0.1, 0.15) is 12.5 Å². The molecule has 1 heterocycles. The molecule has 1 unspecified atom stereocenters. The number of carbonyl (C=O) groups excluding carboxylic acids is 1. The van der Waals surface area contributed by atoms with Gasteiger partial charge in [-0.05, 0) is 24.6 Å². The van der Waals surface area contributed by atoms with Crippen molar-refractivity contribution in [2.24, 2.45) is 0 Å².